The second-order valence-corrected chi connectivity index (χ2v) is 5.35. The van der Waals surface area contributed by atoms with Gasteiger partial charge in [0.15, 0.2) is 0 Å². The third-order valence-corrected chi connectivity index (χ3v) is 3.69. The second-order valence-electron chi connectivity index (χ2n) is 5.35. The van der Waals surface area contributed by atoms with Gasteiger partial charge in [0, 0.05) is 12.2 Å². The van der Waals surface area contributed by atoms with E-state index in [-0.39, 0.29) is 5.91 Å². The first-order valence-corrected chi connectivity index (χ1v) is 6.43. The summed E-state index contributed by atoms with van der Waals surface area (Å²) in [5, 5.41) is 3.03. The molecule has 1 aromatic carbocycles. The van der Waals surface area contributed by atoms with Crippen LogP contribution in [0.15, 0.2) is 12.1 Å². The standard InChI is InChI=1S/C15H24N2O/c1-6-15(5,9-16)14(18)17-13-11(3)7-10(2)8-12(13)4/h7-8H,6,9,16H2,1-5H3,(H,17,18). The molecule has 0 spiro atoms. The Morgan fingerprint density at radius 3 is 2.17 bits per heavy atom. The van der Waals surface area contributed by atoms with Crippen LogP contribution in [0.3, 0.4) is 0 Å². The van der Waals surface area contributed by atoms with Crippen LogP contribution in [0.25, 0.3) is 0 Å². The molecule has 3 N–H and O–H groups in total. The maximum atomic E-state index is 12.3. The molecule has 3 heteroatoms. The monoisotopic (exact) mass is 248 g/mol. The van der Waals surface area contributed by atoms with Crippen molar-refractivity contribution in [3.05, 3.63) is 28.8 Å². The van der Waals surface area contributed by atoms with Crippen molar-refractivity contribution >= 4 is 11.6 Å². The van der Waals surface area contributed by atoms with Gasteiger partial charge in [0.25, 0.3) is 0 Å². The zero-order valence-electron chi connectivity index (χ0n) is 12.1. The van der Waals surface area contributed by atoms with Crippen molar-refractivity contribution < 1.29 is 4.79 Å². The lowest BCUT2D eigenvalue weighted by atomic mass is 9.86. The number of carbonyl (C=O) groups excluding carboxylic acids is 1. The molecule has 1 unspecified atom stereocenters. The SMILES string of the molecule is CCC(C)(CN)C(=O)Nc1c(C)cc(C)cc1C. The number of carbonyl (C=O) groups is 1. The van der Waals surface area contributed by atoms with Gasteiger partial charge in [0.1, 0.15) is 0 Å². The summed E-state index contributed by atoms with van der Waals surface area (Å²) in [6, 6.07) is 4.16. The van der Waals surface area contributed by atoms with Crippen molar-refractivity contribution in [1.29, 1.82) is 0 Å². The smallest absolute Gasteiger partial charge is 0.231 e. The number of amides is 1. The quantitative estimate of drug-likeness (QED) is 0.860. The summed E-state index contributed by atoms with van der Waals surface area (Å²) in [5.41, 5.74) is 9.53. The van der Waals surface area contributed by atoms with E-state index in [1.165, 1.54) is 5.56 Å². The van der Waals surface area contributed by atoms with Crippen LogP contribution >= 0.6 is 0 Å². The van der Waals surface area contributed by atoms with Crippen molar-refractivity contribution in [2.45, 2.75) is 41.0 Å². The van der Waals surface area contributed by atoms with Gasteiger partial charge in [0.05, 0.1) is 5.41 Å². The Hall–Kier alpha value is -1.35. The molecule has 0 saturated carbocycles. The molecule has 0 aliphatic heterocycles. The molecular weight excluding hydrogens is 224 g/mol. The Morgan fingerprint density at radius 1 is 1.28 bits per heavy atom. The molecular formula is C15H24N2O. The number of rotatable bonds is 4. The van der Waals surface area contributed by atoms with Crippen molar-refractivity contribution in [1.82, 2.24) is 0 Å². The molecule has 0 aliphatic rings. The van der Waals surface area contributed by atoms with Crippen LogP contribution in [0.2, 0.25) is 0 Å². The highest BCUT2D eigenvalue weighted by molar-refractivity contribution is 5.96. The molecule has 18 heavy (non-hydrogen) atoms. The second kappa shape index (κ2) is 5.53. The van der Waals surface area contributed by atoms with Gasteiger partial charge in [-0.2, -0.15) is 0 Å². The van der Waals surface area contributed by atoms with E-state index in [4.69, 9.17) is 5.73 Å². The summed E-state index contributed by atoms with van der Waals surface area (Å²) in [6.07, 6.45) is 0.735. The lowest BCUT2D eigenvalue weighted by Gasteiger charge is -2.26. The zero-order chi connectivity index (χ0) is 13.9. The fourth-order valence-corrected chi connectivity index (χ4v) is 2.04. The summed E-state index contributed by atoms with van der Waals surface area (Å²) >= 11 is 0. The summed E-state index contributed by atoms with van der Waals surface area (Å²) in [6.45, 7) is 10.3. The van der Waals surface area contributed by atoms with E-state index >= 15 is 0 Å². The maximum Gasteiger partial charge on any atom is 0.231 e. The van der Waals surface area contributed by atoms with E-state index in [0.717, 1.165) is 23.2 Å². The average molecular weight is 248 g/mol. The van der Waals surface area contributed by atoms with Crippen LogP contribution in [0.5, 0.6) is 0 Å². The topological polar surface area (TPSA) is 55.1 Å². The van der Waals surface area contributed by atoms with E-state index in [1.54, 1.807) is 0 Å². The molecule has 0 radical (unpaired) electrons. The summed E-state index contributed by atoms with van der Waals surface area (Å²) in [4.78, 5) is 12.3. The van der Waals surface area contributed by atoms with Crippen LogP contribution in [0.4, 0.5) is 5.69 Å². The van der Waals surface area contributed by atoms with Gasteiger partial charge < -0.3 is 11.1 Å². The number of nitrogens with two attached hydrogens (primary N) is 1. The summed E-state index contributed by atoms with van der Waals surface area (Å²) < 4.78 is 0. The first-order chi connectivity index (χ1) is 8.34. The van der Waals surface area contributed by atoms with Gasteiger partial charge >= 0.3 is 0 Å². The molecule has 0 aliphatic carbocycles. The van der Waals surface area contributed by atoms with Crippen LogP contribution in [-0.2, 0) is 4.79 Å². The average Bonchev–Trinajstić information content (AvgIpc) is 2.32. The van der Waals surface area contributed by atoms with Gasteiger partial charge in [-0.3, -0.25) is 4.79 Å². The van der Waals surface area contributed by atoms with E-state index in [9.17, 15) is 4.79 Å². The highest BCUT2D eigenvalue weighted by Crippen LogP contribution is 2.26. The molecule has 0 aromatic heterocycles. The Morgan fingerprint density at radius 2 is 1.78 bits per heavy atom. The largest absolute Gasteiger partial charge is 0.329 e. The number of hydrogen-bond donors (Lipinski definition) is 2. The minimum absolute atomic E-state index is 0.00236. The first-order valence-electron chi connectivity index (χ1n) is 6.43. The van der Waals surface area contributed by atoms with Crippen molar-refractivity contribution in [2.75, 3.05) is 11.9 Å². The molecule has 0 fully saturated rings. The van der Waals surface area contributed by atoms with Gasteiger partial charge in [0.2, 0.25) is 5.91 Å². The predicted molar refractivity (Wildman–Crippen MR) is 76.7 cm³/mol. The molecule has 1 aromatic rings. The van der Waals surface area contributed by atoms with Crippen molar-refractivity contribution in [3.63, 3.8) is 0 Å². The maximum absolute atomic E-state index is 12.3. The Kier molecular flexibility index (Phi) is 4.52. The number of aryl methyl sites for hydroxylation is 3. The van der Waals surface area contributed by atoms with E-state index in [0.29, 0.717) is 6.54 Å². The first kappa shape index (κ1) is 14.7. The third kappa shape index (κ3) is 2.91. The predicted octanol–water partition coefficient (Wildman–Crippen LogP) is 2.93. The lowest BCUT2D eigenvalue weighted by molar-refractivity contribution is -0.124. The molecule has 1 atom stereocenters. The van der Waals surface area contributed by atoms with E-state index in [1.807, 2.05) is 27.7 Å². The highest BCUT2D eigenvalue weighted by Gasteiger charge is 2.30. The summed E-state index contributed by atoms with van der Waals surface area (Å²) in [7, 11) is 0. The Balaban J connectivity index is 3.02. The fraction of sp³-hybridized carbons (Fsp3) is 0.533. The third-order valence-electron chi connectivity index (χ3n) is 3.69. The number of benzene rings is 1. The van der Waals surface area contributed by atoms with Gasteiger partial charge in [-0.1, -0.05) is 24.6 Å². The molecule has 0 heterocycles. The van der Waals surface area contributed by atoms with Crippen molar-refractivity contribution in [2.24, 2.45) is 11.1 Å². The van der Waals surface area contributed by atoms with Crippen LogP contribution < -0.4 is 11.1 Å². The van der Waals surface area contributed by atoms with Gasteiger partial charge in [-0.15, -0.1) is 0 Å². The molecule has 1 amide bonds. The van der Waals surface area contributed by atoms with E-state index < -0.39 is 5.41 Å². The number of hydrogen-bond acceptors (Lipinski definition) is 2. The minimum Gasteiger partial charge on any atom is -0.329 e. The number of nitrogens with one attached hydrogen (secondary N) is 1. The number of anilines is 1. The van der Waals surface area contributed by atoms with Gasteiger partial charge in [-0.05, 0) is 45.2 Å². The highest BCUT2D eigenvalue weighted by atomic mass is 16.2. The Bertz CT molecular complexity index is 425. The lowest BCUT2D eigenvalue weighted by Crippen LogP contribution is -2.39. The van der Waals surface area contributed by atoms with Gasteiger partial charge in [-0.25, -0.2) is 0 Å². The van der Waals surface area contributed by atoms with Crippen LogP contribution in [-0.4, -0.2) is 12.5 Å². The summed E-state index contributed by atoms with van der Waals surface area (Å²) in [5.74, 6) is 0.00236. The minimum atomic E-state index is -0.496. The molecule has 3 nitrogen and oxygen atoms in total. The van der Waals surface area contributed by atoms with E-state index in [2.05, 4.69) is 24.4 Å². The normalized spacial score (nSPS) is 14.1. The van der Waals surface area contributed by atoms with Crippen LogP contribution in [0, 0.1) is 26.2 Å². The molecule has 0 bridgehead atoms. The molecule has 1 rings (SSSR count). The Labute approximate surface area is 110 Å². The van der Waals surface area contributed by atoms with Crippen molar-refractivity contribution in [3.8, 4) is 0 Å². The zero-order valence-corrected chi connectivity index (χ0v) is 12.1. The fourth-order valence-electron chi connectivity index (χ4n) is 2.04. The molecule has 100 valence electrons. The van der Waals surface area contributed by atoms with Crippen LogP contribution in [0.1, 0.15) is 37.0 Å². The molecule has 0 saturated heterocycles.